The molecule has 24 heavy (non-hydrogen) atoms. The first-order valence-corrected chi connectivity index (χ1v) is 6.85. The third kappa shape index (κ3) is 3.62. The van der Waals surface area contributed by atoms with E-state index in [1.807, 2.05) is 6.07 Å². The van der Waals surface area contributed by atoms with Crippen molar-refractivity contribution in [1.82, 2.24) is 0 Å². The van der Waals surface area contributed by atoms with Gasteiger partial charge >= 0.3 is 5.97 Å². The lowest BCUT2D eigenvalue weighted by Gasteiger charge is -2.09. The van der Waals surface area contributed by atoms with Crippen LogP contribution in [0.15, 0.2) is 54.0 Å². The van der Waals surface area contributed by atoms with Crippen molar-refractivity contribution < 1.29 is 24.2 Å². The smallest absolute Gasteiger partial charge is 0.337 e. The molecule has 1 amide bonds. The van der Waals surface area contributed by atoms with E-state index in [0.717, 1.165) is 0 Å². The van der Waals surface area contributed by atoms with Gasteiger partial charge in [-0.1, -0.05) is 12.7 Å². The minimum atomic E-state index is -1.25. The second-order valence-corrected chi connectivity index (χ2v) is 4.76. The fraction of sp³-hybridized carbons (Fsp3) is 0.118. The number of carboxylic acids is 1. The van der Waals surface area contributed by atoms with Gasteiger partial charge in [-0.15, -0.1) is 0 Å². The molecule has 0 spiro atoms. The van der Waals surface area contributed by atoms with E-state index >= 15 is 0 Å². The number of nitrogens with one attached hydrogen (secondary N) is 1. The summed E-state index contributed by atoms with van der Waals surface area (Å²) in [7, 11) is 0. The Bertz CT molecular complexity index is 815. The monoisotopic (exact) mass is 326 g/mol. The summed E-state index contributed by atoms with van der Waals surface area (Å²) in [5, 5.41) is 20.6. The number of nitrogens with zero attached hydrogens (tertiary/aromatic N) is 1. The SMILES string of the molecule is C=C/C(=C\C1=C(C)OCO1)C(=O)Nc1ccc(C#N)cc1C(=O)O. The van der Waals surface area contributed by atoms with Crippen molar-refractivity contribution in [2.24, 2.45) is 0 Å². The van der Waals surface area contributed by atoms with Gasteiger partial charge in [-0.25, -0.2) is 4.79 Å². The normalized spacial score (nSPS) is 13.6. The number of hydrogen-bond acceptors (Lipinski definition) is 5. The van der Waals surface area contributed by atoms with Crippen LogP contribution >= 0.6 is 0 Å². The number of ether oxygens (including phenoxy) is 2. The summed E-state index contributed by atoms with van der Waals surface area (Å²) < 4.78 is 10.3. The second-order valence-electron chi connectivity index (χ2n) is 4.76. The van der Waals surface area contributed by atoms with Gasteiger partial charge < -0.3 is 19.9 Å². The molecule has 0 saturated heterocycles. The van der Waals surface area contributed by atoms with Gasteiger partial charge in [0.1, 0.15) is 5.76 Å². The van der Waals surface area contributed by atoms with Gasteiger partial charge in [0, 0.05) is 5.57 Å². The molecule has 0 fully saturated rings. The maximum Gasteiger partial charge on any atom is 0.337 e. The molecule has 2 N–H and O–H groups in total. The maximum atomic E-state index is 12.3. The van der Waals surface area contributed by atoms with Crippen molar-refractivity contribution in [2.45, 2.75) is 6.92 Å². The molecule has 1 heterocycles. The molecule has 0 radical (unpaired) electrons. The molecule has 1 aliphatic heterocycles. The molecule has 0 bridgehead atoms. The highest BCUT2D eigenvalue weighted by Crippen LogP contribution is 2.21. The first kappa shape index (κ1) is 16.8. The number of hydrogen-bond donors (Lipinski definition) is 2. The zero-order valence-electron chi connectivity index (χ0n) is 12.8. The number of allylic oxidation sites excluding steroid dienone is 2. The van der Waals surface area contributed by atoms with Gasteiger partial charge in [-0.2, -0.15) is 5.26 Å². The van der Waals surface area contributed by atoms with Gasteiger partial charge in [-0.05, 0) is 31.2 Å². The molecule has 7 heteroatoms. The Morgan fingerprint density at radius 3 is 2.71 bits per heavy atom. The Kier molecular flexibility index (Phi) is 5.02. The van der Waals surface area contributed by atoms with Crippen LogP contribution in [0.3, 0.4) is 0 Å². The number of carboxylic acid groups (broad SMARTS) is 1. The molecule has 0 aliphatic carbocycles. The number of amides is 1. The fourth-order valence-corrected chi connectivity index (χ4v) is 1.95. The van der Waals surface area contributed by atoms with E-state index < -0.39 is 11.9 Å². The van der Waals surface area contributed by atoms with Crippen molar-refractivity contribution in [2.75, 3.05) is 12.1 Å². The van der Waals surface area contributed by atoms with Crippen molar-refractivity contribution in [3.8, 4) is 6.07 Å². The van der Waals surface area contributed by atoms with Gasteiger partial charge in [0.25, 0.3) is 5.91 Å². The van der Waals surface area contributed by atoms with E-state index in [0.29, 0.717) is 11.5 Å². The molecule has 1 aromatic rings. The number of rotatable bonds is 5. The van der Waals surface area contributed by atoms with Crippen LogP contribution in [0.1, 0.15) is 22.8 Å². The largest absolute Gasteiger partial charge is 0.478 e. The summed E-state index contributed by atoms with van der Waals surface area (Å²) in [6, 6.07) is 5.82. The number of nitriles is 1. The van der Waals surface area contributed by atoms with Crippen LogP contribution < -0.4 is 5.32 Å². The number of aromatic carboxylic acids is 1. The van der Waals surface area contributed by atoms with Crippen LogP contribution in [0.4, 0.5) is 5.69 Å². The topological polar surface area (TPSA) is 109 Å². The van der Waals surface area contributed by atoms with Crippen LogP contribution in [0.5, 0.6) is 0 Å². The predicted octanol–water partition coefficient (Wildman–Crippen LogP) is 2.54. The Hall–Kier alpha value is -3.53. The molecule has 0 atom stereocenters. The lowest BCUT2D eigenvalue weighted by Crippen LogP contribution is -2.16. The predicted molar refractivity (Wildman–Crippen MR) is 84.8 cm³/mol. The molecule has 1 aliphatic rings. The number of carbonyl (C=O) groups is 2. The standard InChI is InChI=1S/C17H14N2O5/c1-3-12(7-15-10(2)23-9-24-15)16(20)19-14-5-4-11(8-18)6-13(14)17(21)22/h3-7H,1,9H2,2H3,(H,19,20)(H,21,22)/b12-7+. The third-order valence-corrected chi connectivity index (χ3v) is 3.23. The Labute approximate surface area is 138 Å². The van der Waals surface area contributed by atoms with E-state index in [1.165, 1.54) is 30.4 Å². The highest BCUT2D eigenvalue weighted by molar-refractivity contribution is 6.09. The van der Waals surface area contributed by atoms with Gasteiger partial charge in [0.15, 0.2) is 5.76 Å². The van der Waals surface area contributed by atoms with Gasteiger partial charge in [0.05, 0.1) is 22.9 Å². The molecule has 2 rings (SSSR count). The van der Waals surface area contributed by atoms with Crippen LogP contribution in [-0.4, -0.2) is 23.8 Å². The first-order chi connectivity index (χ1) is 11.5. The number of benzene rings is 1. The van der Waals surface area contributed by atoms with E-state index in [-0.39, 0.29) is 29.2 Å². The summed E-state index contributed by atoms with van der Waals surface area (Å²) in [6.45, 7) is 5.34. The lowest BCUT2D eigenvalue weighted by atomic mass is 10.1. The Morgan fingerprint density at radius 2 is 2.17 bits per heavy atom. The second kappa shape index (κ2) is 7.15. The van der Waals surface area contributed by atoms with Gasteiger partial charge in [0.2, 0.25) is 6.79 Å². The number of carbonyl (C=O) groups excluding carboxylic acids is 1. The Morgan fingerprint density at radius 1 is 1.42 bits per heavy atom. The summed E-state index contributed by atoms with van der Waals surface area (Å²) in [5.74, 6) is -0.879. The fourth-order valence-electron chi connectivity index (χ4n) is 1.95. The van der Waals surface area contributed by atoms with E-state index in [2.05, 4.69) is 11.9 Å². The van der Waals surface area contributed by atoms with Crippen molar-refractivity contribution in [3.63, 3.8) is 0 Å². The number of anilines is 1. The molecule has 1 aromatic carbocycles. The summed E-state index contributed by atoms with van der Waals surface area (Å²) in [6.07, 6.45) is 2.77. The zero-order valence-corrected chi connectivity index (χ0v) is 12.8. The summed E-state index contributed by atoms with van der Waals surface area (Å²) >= 11 is 0. The van der Waals surface area contributed by atoms with Crippen LogP contribution in [0, 0.1) is 11.3 Å². The van der Waals surface area contributed by atoms with E-state index in [4.69, 9.17) is 14.7 Å². The van der Waals surface area contributed by atoms with Crippen molar-refractivity contribution in [3.05, 3.63) is 65.1 Å². The molecule has 7 nitrogen and oxygen atoms in total. The molecule has 0 aromatic heterocycles. The summed E-state index contributed by atoms with van der Waals surface area (Å²) in [5.41, 5.74) is 0.257. The molecule has 0 saturated carbocycles. The van der Waals surface area contributed by atoms with Gasteiger partial charge in [-0.3, -0.25) is 4.79 Å². The van der Waals surface area contributed by atoms with Crippen molar-refractivity contribution >= 4 is 17.6 Å². The molecular formula is C17H14N2O5. The minimum Gasteiger partial charge on any atom is -0.478 e. The van der Waals surface area contributed by atoms with Crippen LogP contribution in [0.2, 0.25) is 0 Å². The average molecular weight is 326 g/mol. The quantitative estimate of drug-likeness (QED) is 0.636. The van der Waals surface area contributed by atoms with Crippen LogP contribution in [0.25, 0.3) is 0 Å². The Balaban J connectivity index is 2.30. The summed E-state index contributed by atoms with van der Waals surface area (Å²) in [4.78, 5) is 23.6. The van der Waals surface area contributed by atoms with Crippen molar-refractivity contribution in [1.29, 1.82) is 5.26 Å². The maximum absolute atomic E-state index is 12.3. The highest BCUT2D eigenvalue weighted by atomic mass is 16.7. The molecule has 0 unspecified atom stereocenters. The average Bonchev–Trinajstić information content (AvgIpc) is 2.97. The molecule has 122 valence electrons. The third-order valence-electron chi connectivity index (χ3n) is 3.23. The lowest BCUT2D eigenvalue weighted by molar-refractivity contribution is -0.112. The van der Waals surface area contributed by atoms with E-state index in [9.17, 15) is 14.7 Å². The van der Waals surface area contributed by atoms with E-state index in [1.54, 1.807) is 6.92 Å². The van der Waals surface area contributed by atoms with Crippen LogP contribution in [-0.2, 0) is 14.3 Å². The first-order valence-electron chi connectivity index (χ1n) is 6.85. The highest BCUT2D eigenvalue weighted by Gasteiger charge is 2.17. The molecular weight excluding hydrogens is 312 g/mol. The zero-order chi connectivity index (χ0) is 17.7. The minimum absolute atomic E-state index is 0.0719.